The predicted octanol–water partition coefficient (Wildman–Crippen LogP) is 1.94. The molecule has 3 aromatic rings. The number of carbonyl (C=O) groups is 1. The van der Waals surface area contributed by atoms with Gasteiger partial charge in [0.05, 0.1) is 27.2 Å². The minimum atomic E-state index is -0.195. The van der Waals surface area contributed by atoms with Crippen molar-refractivity contribution in [2.75, 3.05) is 44.6 Å². The molecule has 1 aliphatic rings. The van der Waals surface area contributed by atoms with E-state index in [0.717, 1.165) is 25.2 Å². The molecule has 1 atom stereocenters. The number of nitrogens with one attached hydrogen (secondary N) is 1. The fourth-order valence-corrected chi connectivity index (χ4v) is 3.73. The molecule has 32 heavy (non-hydrogen) atoms. The molecule has 11 nitrogen and oxygen atoms in total. The number of nitrogens with zero attached hydrogens (tertiary/aromatic N) is 6. The molecular weight excluding hydrogens is 414 g/mol. The summed E-state index contributed by atoms with van der Waals surface area (Å²) in [6, 6.07) is 7.14. The molecule has 1 aliphatic heterocycles. The van der Waals surface area contributed by atoms with Gasteiger partial charge >= 0.3 is 0 Å². The van der Waals surface area contributed by atoms with Crippen LogP contribution in [-0.2, 0) is 4.79 Å². The van der Waals surface area contributed by atoms with Gasteiger partial charge in [0, 0.05) is 30.9 Å². The molecular formula is C21H25N7O4. The monoisotopic (exact) mass is 439 g/mol. The van der Waals surface area contributed by atoms with Crippen molar-refractivity contribution >= 4 is 17.4 Å². The highest BCUT2D eigenvalue weighted by atomic mass is 16.5. The maximum Gasteiger partial charge on any atom is 0.229 e. The first-order chi connectivity index (χ1) is 15.6. The van der Waals surface area contributed by atoms with Crippen molar-refractivity contribution in [2.24, 2.45) is 5.92 Å². The minimum Gasteiger partial charge on any atom is -0.493 e. The Morgan fingerprint density at radius 3 is 2.38 bits per heavy atom. The van der Waals surface area contributed by atoms with Crippen LogP contribution in [0.5, 0.6) is 17.2 Å². The molecule has 2 aromatic heterocycles. The number of ether oxygens (including phenoxy) is 3. The first-order valence-electron chi connectivity index (χ1n) is 10.2. The van der Waals surface area contributed by atoms with Crippen LogP contribution in [0.1, 0.15) is 12.8 Å². The van der Waals surface area contributed by atoms with Crippen molar-refractivity contribution in [3.8, 4) is 23.1 Å². The molecule has 0 aliphatic carbocycles. The van der Waals surface area contributed by atoms with Crippen molar-refractivity contribution in [1.82, 2.24) is 25.0 Å². The average Bonchev–Trinajstić information content (AvgIpc) is 3.38. The zero-order chi connectivity index (χ0) is 22.5. The number of hydrogen-bond acceptors (Lipinski definition) is 9. The number of piperidine rings is 1. The largest absolute Gasteiger partial charge is 0.493 e. The summed E-state index contributed by atoms with van der Waals surface area (Å²) in [5.41, 5.74) is 0.582. The molecule has 0 saturated carbocycles. The highest BCUT2D eigenvalue weighted by Crippen LogP contribution is 2.40. The smallest absolute Gasteiger partial charge is 0.229 e. The standard InChI is InChI=1S/C21H25N7O4/c1-30-16-9-15(10-17(31-2)20(16)32-3)24-21(29)14-5-4-8-27(11-14)18-6-7-19(26-25-18)28-13-22-12-23-28/h6-7,9-10,12-14H,4-5,8,11H2,1-3H3,(H,24,29). The second-order valence-electron chi connectivity index (χ2n) is 7.28. The highest BCUT2D eigenvalue weighted by Gasteiger charge is 2.27. The third kappa shape index (κ3) is 4.41. The van der Waals surface area contributed by atoms with Gasteiger partial charge in [-0.3, -0.25) is 4.79 Å². The van der Waals surface area contributed by atoms with Crippen molar-refractivity contribution < 1.29 is 19.0 Å². The van der Waals surface area contributed by atoms with E-state index in [1.54, 1.807) is 23.1 Å². The number of rotatable bonds is 7. The van der Waals surface area contributed by atoms with Crippen LogP contribution < -0.4 is 24.4 Å². The third-order valence-electron chi connectivity index (χ3n) is 5.34. The molecule has 11 heteroatoms. The van der Waals surface area contributed by atoms with Gasteiger partial charge in [-0.2, -0.15) is 5.10 Å². The number of carbonyl (C=O) groups excluding carboxylic acids is 1. The molecule has 3 heterocycles. The summed E-state index contributed by atoms with van der Waals surface area (Å²) in [5.74, 6) is 2.48. The van der Waals surface area contributed by atoms with Crippen molar-refractivity contribution in [3.63, 3.8) is 0 Å². The van der Waals surface area contributed by atoms with Crippen LogP contribution in [0.3, 0.4) is 0 Å². The van der Waals surface area contributed by atoms with Gasteiger partial charge in [-0.1, -0.05) is 0 Å². The third-order valence-corrected chi connectivity index (χ3v) is 5.34. The number of hydrogen-bond donors (Lipinski definition) is 1. The molecule has 168 valence electrons. The highest BCUT2D eigenvalue weighted by molar-refractivity contribution is 5.93. The van der Waals surface area contributed by atoms with E-state index in [0.29, 0.717) is 35.3 Å². The Morgan fingerprint density at radius 1 is 1.06 bits per heavy atom. The normalized spacial score (nSPS) is 15.8. The summed E-state index contributed by atoms with van der Waals surface area (Å²) in [6.07, 6.45) is 4.67. The summed E-state index contributed by atoms with van der Waals surface area (Å²) in [6.45, 7) is 1.36. The van der Waals surface area contributed by atoms with E-state index >= 15 is 0 Å². The fraction of sp³-hybridized carbons (Fsp3) is 0.381. The lowest BCUT2D eigenvalue weighted by Crippen LogP contribution is -2.41. The summed E-state index contributed by atoms with van der Waals surface area (Å²) in [5, 5.41) is 15.6. The number of benzene rings is 1. The van der Waals surface area contributed by atoms with Gasteiger partial charge in [-0.05, 0) is 25.0 Å². The Kier molecular flexibility index (Phi) is 6.34. The maximum absolute atomic E-state index is 13.0. The number of anilines is 2. The van der Waals surface area contributed by atoms with Crippen molar-refractivity contribution in [2.45, 2.75) is 12.8 Å². The number of aromatic nitrogens is 5. The lowest BCUT2D eigenvalue weighted by molar-refractivity contribution is -0.120. The van der Waals surface area contributed by atoms with E-state index in [2.05, 4.69) is 30.5 Å². The average molecular weight is 439 g/mol. The molecule has 0 spiro atoms. The molecule has 1 aromatic carbocycles. The second-order valence-corrected chi connectivity index (χ2v) is 7.28. The van der Waals surface area contributed by atoms with Gasteiger partial charge in [-0.25, -0.2) is 9.67 Å². The molecule has 0 radical (unpaired) electrons. The predicted molar refractivity (Wildman–Crippen MR) is 117 cm³/mol. The van der Waals surface area contributed by atoms with E-state index in [1.165, 1.54) is 27.7 Å². The van der Waals surface area contributed by atoms with Crippen molar-refractivity contribution in [3.05, 3.63) is 36.9 Å². The van der Waals surface area contributed by atoms with Crippen LogP contribution in [0.2, 0.25) is 0 Å². The van der Waals surface area contributed by atoms with Gasteiger partial charge < -0.3 is 24.4 Å². The van der Waals surface area contributed by atoms with Crippen LogP contribution in [0.15, 0.2) is 36.9 Å². The Labute approximate surface area is 185 Å². The van der Waals surface area contributed by atoms with E-state index in [9.17, 15) is 4.79 Å². The molecule has 1 saturated heterocycles. The summed E-state index contributed by atoms with van der Waals surface area (Å²) >= 11 is 0. The summed E-state index contributed by atoms with van der Waals surface area (Å²) < 4.78 is 17.6. The minimum absolute atomic E-state index is 0.0730. The quantitative estimate of drug-likeness (QED) is 0.589. The fourth-order valence-electron chi connectivity index (χ4n) is 3.73. The molecule has 4 rings (SSSR count). The SMILES string of the molecule is COc1cc(NC(=O)C2CCCN(c3ccc(-n4cncn4)nn3)C2)cc(OC)c1OC. The number of amides is 1. The van der Waals surface area contributed by atoms with E-state index in [1.807, 2.05) is 12.1 Å². The van der Waals surface area contributed by atoms with Crippen molar-refractivity contribution in [1.29, 1.82) is 0 Å². The summed E-state index contributed by atoms with van der Waals surface area (Å²) in [4.78, 5) is 19.0. The van der Waals surface area contributed by atoms with E-state index < -0.39 is 0 Å². The van der Waals surface area contributed by atoms with Crippen LogP contribution >= 0.6 is 0 Å². The molecule has 1 amide bonds. The van der Waals surface area contributed by atoms with Crippen LogP contribution in [0.4, 0.5) is 11.5 Å². The zero-order valence-electron chi connectivity index (χ0n) is 18.2. The van der Waals surface area contributed by atoms with Crippen LogP contribution in [0, 0.1) is 5.92 Å². The van der Waals surface area contributed by atoms with Crippen LogP contribution in [-0.4, -0.2) is 65.3 Å². The molecule has 1 N–H and O–H groups in total. The molecule has 1 unspecified atom stereocenters. The number of methoxy groups -OCH3 is 3. The van der Waals surface area contributed by atoms with Gasteiger partial charge in [-0.15, -0.1) is 10.2 Å². The first kappa shape index (κ1) is 21.3. The van der Waals surface area contributed by atoms with E-state index in [-0.39, 0.29) is 11.8 Å². The zero-order valence-corrected chi connectivity index (χ0v) is 18.2. The Hall–Kier alpha value is -3.89. The maximum atomic E-state index is 13.0. The Bertz CT molecular complexity index is 1030. The first-order valence-corrected chi connectivity index (χ1v) is 10.2. The van der Waals surface area contributed by atoms with Gasteiger partial charge in [0.15, 0.2) is 23.1 Å². The van der Waals surface area contributed by atoms with Gasteiger partial charge in [0.1, 0.15) is 12.7 Å². The Morgan fingerprint density at radius 2 is 1.78 bits per heavy atom. The van der Waals surface area contributed by atoms with E-state index in [4.69, 9.17) is 14.2 Å². The van der Waals surface area contributed by atoms with Gasteiger partial charge in [0.2, 0.25) is 11.7 Å². The molecule has 1 fully saturated rings. The summed E-state index contributed by atoms with van der Waals surface area (Å²) in [7, 11) is 4.62. The molecule has 0 bridgehead atoms. The second kappa shape index (κ2) is 9.50. The Balaban J connectivity index is 1.45. The lowest BCUT2D eigenvalue weighted by atomic mass is 9.97. The van der Waals surface area contributed by atoms with Gasteiger partial charge in [0.25, 0.3) is 0 Å². The van der Waals surface area contributed by atoms with Crippen LogP contribution in [0.25, 0.3) is 5.82 Å². The lowest BCUT2D eigenvalue weighted by Gasteiger charge is -2.32. The topological polar surface area (TPSA) is 117 Å².